The first-order valence-corrected chi connectivity index (χ1v) is 6.57. The van der Waals surface area contributed by atoms with Crippen LogP contribution in [0.4, 0.5) is 0 Å². The largest absolute Gasteiger partial charge is 0.310 e. The monoisotopic (exact) mass is 220 g/mol. The Kier molecular flexibility index (Phi) is 6.82. The summed E-state index contributed by atoms with van der Waals surface area (Å²) in [4.78, 5) is 4.11. The average molecular weight is 220 g/mol. The van der Waals surface area contributed by atoms with E-state index in [4.69, 9.17) is 0 Å². The zero-order chi connectivity index (χ0) is 11.6. The summed E-state index contributed by atoms with van der Waals surface area (Å²) in [6.45, 7) is 4.97. The van der Waals surface area contributed by atoms with E-state index in [9.17, 15) is 0 Å². The number of nitrogens with one attached hydrogen (secondary N) is 1. The van der Waals surface area contributed by atoms with Crippen LogP contribution in [0.3, 0.4) is 0 Å². The fourth-order valence-electron chi connectivity index (χ4n) is 2.07. The van der Waals surface area contributed by atoms with Gasteiger partial charge in [-0.25, -0.2) is 0 Å². The molecule has 0 atom stereocenters. The molecule has 0 spiro atoms. The number of aromatic nitrogens is 1. The van der Waals surface area contributed by atoms with Gasteiger partial charge in [-0.2, -0.15) is 0 Å². The SMILES string of the molecule is CC.c1cncc(CNC2CCCCC2)c1. The predicted octanol–water partition coefficient (Wildman–Crippen LogP) is 3.53. The van der Waals surface area contributed by atoms with Crippen molar-refractivity contribution >= 4 is 0 Å². The van der Waals surface area contributed by atoms with Crippen LogP contribution in [-0.4, -0.2) is 11.0 Å². The smallest absolute Gasteiger partial charge is 0.0312 e. The summed E-state index contributed by atoms with van der Waals surface area (Å²) in [5.74, 6) is 0. The molecule has 0 saturated heterocycles. The molecule has 1 aliphatic rings. The molecule has 0 amide bonds. The summed E-state index contributed by atoms with van der Waals surface area (Å²) in [7, 11) is 0. The second kappa shape index (κ2) is 8.28. The molecule has 1 heterocycles. The quantitative estimate of drug-likeness (QED) is 0.843. The Balaban J connectivity index is 0.000000606. The van der Waals surface area contributed by atoms with Gasteiger partial charge in [0.2, 0.25) is 0 Å². The summed E-state index contributed by atoms with van der Waals surface area (Å²) < 4.78 is 0. The number of pyridine rings is 1. The summed E-state index contributed by atoms with van der Waals surface area (Å²) in [5, 5.41) is 3.60. The molecule has 1 saturated carbocycles. The molecule has 1 aromatic heterocycles. The number of rotatable bonds is 3. The number of hydrogen-bond donors (Lipinski definition) is 1. The standard InChI is InChI=1S/C12H18N2.C2H6/c1-2-6-12(7-3-1)14-10-11-5-4-8-13-9-11;1-2/h4-5,8-9,12,14H,1-3,6-7,10H2;1-2H3. The third kappa shape index (κ3) is 4.75. The van der Waals surface area contributed by atoms with Crippen LogP contribution in [-0.2, 0) is 6.54 Å². The number of nitrogens with zero attached hydrogens (tertiary/aromatic N) is 1. The summed E-state index contributed by atoms with van der Waals surface area (Å²) in [5.41, 5.74) is 1.29. The van der Waals surface area contributed by atoms with Gasteiger partial charge in [0.15, 0.2) is 0 Å². The molecule has 1 fully saturated rings. The topological polar surface area (TPSA) is 24.9 Å². The summed E-state index contributed by atoms with van der Waals surface area (Å²) >= 11 is 0. The zero-order valence-electron chi connectivity index (χ0n) is 10.6. The minimum absolute atomic E-state index is 0.740. The maximum absolute atomic E-state index is 4.11. The lowest BCUT2D eigenvalue weighted by atomic mass is 9.95. The van der Waals surface area contributed by atoms with Crippen LogP contribution in [0, 0.1) is 0 Å². The van der Waals surface area contributed by atoms with Gasteiger partial charge in [-0.05, 0) is 24.5 Å². The first-order chi connectivity index (χ1) is 7.95. The van der Waals surface area contributed by atoms with Crippen LogP contribution in [0.15, 0.2) is 24.5 Å². The van der Waals surface area contributed by atoms with E-state index in [1.165, 1.54) is 37.7 Å². The zero-order valence-corrected chi connectivity index (χ0v) is 10.6. The van der Waals surface area contributed by atoms with Crippen molar-refractivity contribution in [1.29, 1.82) is 0 Å². The van der Waals surface area contributed by atoms with Gasteiger partial charge >= 0.3 is 0 Å². The Morgan fingerprint density at radius 3 is 2.62 bits per heavy atom. The van der Waals surface area contributed by atoms with Gasteiger partial charge in [0.1, 0.15) is 0 Å². The van der Waals surface area contributed by atoms with Crippen LogP contribution in [0.5, 0.6) is 0 Å². The average Bonchev–Trinajstić information content (AvgIpc) is 2.41. The van der Waals surface area contributed by atoms with E-state index >= 15 is 0 Å². The van der Waals surface area contributed by atoms with Crippen molar-refractivity contribution in [2.75, 3.05) is 0 Å². The Bertz CT molecular complexity index is 253. The van der Waals surface area contributed by atoms with Crippen molar-refractivity contribution in [2.45, 2.75) is 58.5 Å². The fraction of sp³-hybridized carbons (Fsp3) is 0.643. The normalized spacial score (nSPS) is 16.4. The molecule has 0 unspecified atom stereocenters. The van der Waals surface area contributed by atoms with Gasteiger partial charge < -0.3 is 5.32 Å². The van der Waals surface area contributed by atoms with Crippen molar-refractivity contribution in [3.8, 4) is 0 Å². The van der Waals surface area contributed by atoms with Crippen LogP contribution in [0.1, 0.15) is 51.5 Å². The molecule has 2 rings (SSSR count). The second-order valence-electron chi connectivity index (χ2n) is 4.08. The molecule has 2 heteroatoms. The maximum Gasteiger partial charge on any atom is 0.0312 e. The first-order valence-electron chi connectivity index (χ1n) is 6.57. The predicted molar refractivity (Wildman–Crippen MR) is 69.3 cm³/mol. The maximum atomic E-state index is 4.11. The Morgan fingerprint density at radius 2 is 2.00 bits per heavy atom. The van der Waals surface area contributed by atoms with E-state index in [0.29, 0.717) is 0 Å². The van der Waals surface area contributed by atoms with Crippen LogP contribution < -0.4 is 5.32 Å². The van der Waals surface area contributed by atoms with E-state index in [-0.39, 0.29) is 0 Å². The van der Waals surface area contributed by atoms with Crippen molar-refractivity contribution in [1.82, 2.24) is 10.3 Å². The number of hydrogen-bond acceptors (Lipinski definition) is 2. The molecule has 1 aliphatic carbocycles. The highest BCUT2D eigenvalue weighted by Crippen LogP contribution is 2.17. The highest BCUT2D eigenvalue weighted by atomic mass is 14.9. The van der Waals surface area contributed by atoms with Crippen molar-refractivity contribution < 1.29 is 0 Å². The van der Waals surface area contributed by atoms with Crippen molar-refractivity contribution in [3.05, 3.63) is 30.1 Å². The van der Waals surface area contributed by atoms with Crippen LogP contribution >= 0.6 is 0 Å². The summed E-state index contributed by atoms with van der Waals surface area (Å²) in [6, 6.07) is 4.87. The lowest BCUT2D eigenvalue weighted by molar-refractivity contribution is 0.372. The van der Waals surface area contributed by atoms with Crippen molar-refractivity contribution in [3.63, 3.8) is 0 Å². The Hall–Kier alpha value is -0.890. The molecule has 0 radical (unpaired) electrons. The van der Waals surface area contributed by atoms with Crippen molar-refractivity contribution in [2.24, 2.45) is 0 Å². The molecular formula is C14H24N2. The van der Waals surface area contributed by atoms with Gasteiger partial charge in [-0.1, -0.05) is 39.2 Å². The van der Waals surface area contributed by atoms with E-state index in [1.807, 2.05) is 32.3 Å². The molecule has 0 aliphatic heterocycles. The van der Waals surface area contributed by atoms with Crippen LogP contribution in [0.25, 0.3) is 0 Å². The van der Waals surface area contributed by atoms with E-state index in [1.54, 1.807) is 0 Å². The van der Waals surface area contributed by atoms with E-state index in [0.717, 1.165) is 12.6 Å². The molecule has 0 aromatic carbocycles. The third-order valence-electron chi connectivity index (χ3n) is 2.92. The molecule has 1 N–H and O–H groups in total. The lowest BCUT2D eigenvalue weighted by Crippen LogP contribution is -2.30. The first kappa shape index (κ1) is 13.2. The highest BCUT2D eigenvalue weighted by Gasteiger charge is 2.11. The minimum Gasteiger partial charge on any atom is -0.310 e. The fourth-order valence-corrected chi connectivity index (χ4v) is 2.07. The Labute approximate surface area is 99.5 Å². The van der Waals surface area contributed by atoms with E-state index < -0.39 is 0 Å². The van der Waals surface area contributed by atoms with Gasteiger partial charge in [0.25, 0.3) is 0 Å². The Morgan fingerprint density at radius 1 is 1.25 bits per heavy atom. The minimum atomic E-state index is 0.740. The summed E-state index contributed by atoms with van der Waals surface area (Å²) in [6.07, 6.45) is 10.7. The third-order valence-corrected chi connectivity index (χ3v) is 2.92. The van der Waals surface area contributed by atoms with Gasteiger partial charge in [-0.3, -0.25) is 4.98 Å². The lowest BCUT2D eigenvalue weighted by Gasteiger charge is -2.22. The molecule has 16 heavy (non-hydrogen) atoms. The van der Waals surface area contributed by atoms with Gasteiger partial charge in [0.05, 0.1) is 0 Å². The van der Waals surface area contributed by atoms with E-state index in [2.05, 4.69) is 16.4 Å². The second-order valence-corrected chi connectivity index (χ2v) is 4.08. The van der Waals surface area contributed by atoms with Gasteiger partial charge in [-0.15, -0.1) is 0 Å². The molecule has 1 aromatic rings. The molecule has 0 bridgehead atoms. The van der Waals surface area contributed by atoms with Crippen LogP contribution in [0.2, 0.25) is 0 Å². The molecule has 2 nitrogen and oxygen atoms in total. The van der Waals surface area contributed by atoms with Gasteiger partial charge in [0, 0.05) is 25.0 Å². The highest BCUT2D eigenvalue weighted by molar-refractivity contribution is 5.08. The molecular weight excluding hydrogens is 196 g/mol. The molecule has 90 valence electrons.